The molecule has 0 aromatic carbocycles. The van der Waals surface area contributed by atoms with Crippen LogP contribution in [0.3, 0.4) is 0 Å². The van der Waals surface area contributed by atoms with Crippen molar-refractivity contribution in [3.8, 4) is 5.75 Å². The standard InChI is InChI=1S/C8H10NO/c1-2-6-10-8-4-3-5-9-7-8/h3-4,7H,2,6H2,1H3. The molecule has 1 rings (SSSR count). The summed E-state index contributed by atoms with van der Waals surface area (Å²) >= 11 is 0. The van der Waals surface area contributed by atoms with Gasteiger partial charge in [-0.2, -0.15) is 0 Å². The van der Waals surface area contributed by atoms with Crippen LogP contribution in [0.25, 0.3) is 0 Å². The Hall–Kier alpha value is -1.05. The molecule has 1 heterocycles. The Morgan fingerprint density at radius 2 is 2.60 bits per heavy atom. The van der Waals surface area contributed by atoms with Crippen molar-refractivity contribution in [2.45, 2.75) is 13.3 Å². The molecule has 1 aromatic heterocycles. The molecule has 0 spiro atoms. The molecule has 2 heteroatoms. The molecule has 0 aliphatic carbocycles. The molecule has 0 saturated heterocycles. The third kappa shape index (κ3) is 2.05. The van der Waals surface area contributed by atoms with Crippen molar-refractivity contribution in [2.24, 2.45) is 0 Å². The Kier molecular flexibility index (Phi) is 2.74. The van der Waals surface area contributed by atoms with Gasteiger partial charge in [0.25, 0.3) is 0 Å². The Bertz CT molecular complexity index is 174. The van der Waals surface area contributed by atoms with E-state index in [0.29, 0.717) is 0 Å². The maximum absolute atomic E-state index is 5.27. The van der Waals surface area contributed by atoms with Crippen LogP contribution < -0.4 is 4.74 Å². The van der Waals surface area contributed by atoms with Crippen LogP contribution in [-0.2, 0) is 0 Å². The van der Waals surface area contributed by atoms with E-state index in [9.17, 15) is 0 Å². The highest BCUT2D eigenvalue weighted by Gasteiger charge is 1.87. The molecule has 0 N–H and O–H groups in total. The summed E-state index contributed by atoms with van der Waals surface area (Å²) < 4.78 is 5.27. The minimum atomic E-state index is 0.756. The maximum atomic E-state index is 5.27. The van der Waals surface area contributed by atoms with Gasteiger partial charge in [0.05, 0.1) is 19.0 Å². The van der Waals surface area contributed by atoms with Crippen molar-refractivity contribution in [1.29, 1.82) is 0 Å². The summed E-state index contributed by atoms with van der Waals surface area (Å²) in [5.41, 5.74) is 0. The molecule has 1 radical (unpaired) electrons. The van der Waals surface area contributed by atoms with Crippen LogP contribution in [0.4, 0.5) is 0 Å². The maximum Gasteiger partial charge on any atom is 0.137 e. The highest BCUT2D eigenvalue weighted by molar-refractivity contribution is 5.14. The molecule has 53 valence electrons. The third-order valence-electron chi connectivity index (χ3n) is 1.06. The SMILES string of the molecule is CCCOc1cc[c]nc1. The summed E-state index contributed by atoms with van der Waals surface area (Å²) in [5, 5.41) is 0. The van der Waals surface area contributed by atoms with Gasteiger partial charge in [-0.1, -0.05) is 6.92 Å². The number of hydrogen-bond donors (Lipinski definition) is 0. The van der Waals surface area contributed by atoms with Gasteiger partial charge in [-0.3, -0.25) is 4.98 Å². The van der Waals surface area contributed by atoms with Gasteiger partial charge in [0.1, 0.15) is 5.75 Å². The minimum absolute atomic E-state index is 0.756. The highest BCUT2D eigenvalue weighted by Crippen LogP contribution is 2.05. The second-order valence-electron chi connectivity index (χ2n) is 1.97. The average Bonchev–Trinajstić information content (AvgIpc) is 2.03. The van der Waals surface area contributed by atoms with E-state index in [1.807, 2.05) is 6.07 Å². The monoisotopic (exact) mass is 136 g/mol. The molecular weight excluding hydrogens is 126 g/mol. The molecule has 0 atom stereocenters. The molecule has 10 heavy (non-hydrogen) atoms. The van der Waals surface area contributed by atoms with Crippen molar-refractivity contribution in [2.75, 3.05) is 6.61 Å². The molecule has 0 aliphatic heterocycles. The predicted molar refractivity (Wildman–Crippen MR) is 38.9 cm³/mol. The number of aromatic nitrogens is 1. The quantitative estimate of drug-likeness (QED) is 0.630. The third-order valence-corrected chi connectivity index (χ3v) is 1.06. The zero-order valence-corrected chi connectivity index (χ0v) is 6.00. The van der Waals surface area contributed by atoms with Crippen LogP contribution in [0, 0.1) is 6.20 Å². The van der Waals surface area contributed by atoms with E-state index in [1.54, 1.807) is 12.3 Å². The summed E-state index contributed by atoms with van der Waals surface area (Å²) in [4.78, 5) is 3.79. The number of nitrogens with zero attached hydrogens (tertiary/aromatic N) is 1. The predicted octanol–water partition coefficient (Wildman–Crippen LogP) is 1.67. The van der Waals surface area contributed by atoms with Gasteiger partial charge in [0.15, 0.2) is 0 Å². The second kappa shape index (κ2) is 3.88. The van der Waals surface area contributed by atoms with Gasteiger partial charge in [-0.15, -0.1) is 0 Å². The van der Waals surface area contributed by atoms with Crippen LogP contribution in [-0.4, -0.2) is 11.6 Å². The number of rotatable bonds is 3. The number of hydrogen-bond acceptors (Lipinski definition) is 2. The van der Waals surface area contributed by atoms with Crippen molar-refractivity contribution in [3.63, 3.8) is 0 Å². The van der Waals surface area contributed by atoms with Gasteiger partial charge in [-0.25, -0.2) is 0 Å². The Balaban J connectivity index is 2.43. The molecule has 0 fully saturated rings. The zero-order valence-electron chi connectivity index (χ0n) is 6.00. The first-order valence-electron chi connectivity index (χ1n) is 3.38. The largest absolute Gasteiger partial charge is 0.492 e. The minimum Gasteiger partial charge on any atom is -0.492 e. The lowest BCUT2D eigenvalue weighted by Gasteiger charge is -2.00. The molecule has 0 bridgehead atoms. The molecular formula is C8H10NO. The smallest absolute Gasteiger partial charge is 0.137 e. The van der Waals surface area contributed by atoms with Crippen molar-refractivity contribution in [1.82, 2.24) is 4.98 Å². The summed E-state index contributed by atoms with van der Waals surface area (Å²) in [7, 11) is 0. The number of pyridine rings is 1. The lowest BCUT2D eigenvalue weighted by Crippen LogP contribution is -1.94. The molecule has 0 amide bonds. The van der Waals surface area contributed by atoms with Crippen molar-refractivity contribution < 1.29 is 4.74 Å². The van der Waals surface area contributed by atoms with E-state index in [-0.39, 0.29) is 0 Å². The first-order chi connectivity index (χ1) is 4.93. The Morgan fingerprint density at radius 3 is 3.20 bits per heavy atom. The Labute approximate surface area is 60.9 Å². The van der Waals surface area contributed by atoms with Crippen LogP contribution in [0.1, 0.15) is 13.3 Å². The molecule has 0 unspecified atom stereocenters. The van der Waals surface area contributed by atoms with E-state index in [0.717, 1.165) is 18.8 Å². The van der Waals surface area contributed by atoms with Gasteiger partial charge in [0, 0.05) is 0 Å². The second-order valence-corrected chi connectivity index (χ2v) is 1.97. The van der Waals surface area contributed by atoms with Crippen LogP contribution >= 0.6 is 0 Å². The summed E-state index contributed by atoms with van der Waals surface area (Å²) in [5.74, 6) is 0.820. The fourth-order valence-corrected chi connectivity index (χ4v) is 0.612. The lowest BCUT2D eigenvalue weighted by atomic mass is 10.4. The fraction of sp³-hybridized carbons (Fsp3) is 0.375. The van der Waals surface area contributed by atoms with Crippen LogP contribution in [0.5, 0.6) is 5.75 Å². The van der Waals surface area contributed by atoms with E-state index < -0.39 is 0 Å². The first-order valence-corrected chi connectivity index (χ1v) is 3.38. The van der Waals surface area contributed by atoms with Gasteiger partial charge < -0.3 is 4.74 Å². The molecule has 0 saturated carbocycles. The Morgan fingerprint density at radius 1 is 1.70 bits per heavy atom. The zero-order chi connectivity index (χ0) is 7.23. The molecule has 0 aliphatic rings. The number of ether oxygens (including phenoxy) is 1. The van der Waals surface area contributed by atoms with Crippen LogP contribution in [0.15, 0.2) is 18.3 Å². The normalized spacial score (nSPS) is 9.30. The van der Waals surface area contributed by atoms with E-state index >= 15 is 0 Å². The van der Waals surface area contributed by atoms with Gasteiger partial charge >= 0.3 is 0 Å². The highest BCUT2D eigenvalue weighted by atomic mass is 16.5. The summed E-state index contributed by atoms with van der Waals surface area (Å²) in [6.45, 7) is 2.83. The molecule has 1 aromatic rings. The van der Waals surface area contributed by atoms with Gasteiger partial charge in [0.2, 0.25) is 0 Å². The average molecular weight is 136 g/mol. The summed E-state index contributed by atoms with van der Waals surface area (Å²) in [6, 6.07) is 3.59. The first kappa shape index (κ1) is 7.06. The van der Waals surface area contributed by atoms with Gasteiger partial charge in [-0.05, 0) is 18.6 Å². The van der Waals surface area contributed by atoms with E-state index in [2.05, 4.69) is 18.1 Å². The van der Waals surface area contributed by atoms with Crippen LogP contribution in [0.2, 0.25) is 0 Å². The van der Waals surface area contributed by atoms with Crippen molar-refractivity contribution >= 4 is 0 Å². The van der Waals surface area contributed by atoms with E-state index in [1.165, 1.54) is 0 Å². The molecule has 2 nitrogen and oxygen atoms in total. The van der Waals surface area contributed by atoms with E-state index in [4.69, 9.17) is 4.74 Å². The summed E-state index contributed by atoms with van der Waals surface area (Å²) in [6.07, 6.45) is 5.37. The lowest BCUT2D eigenvalue weighted by molar-refractivity contribution is 0.316. The fourth-order valence-electron chi connectivity index (χ4n) is 0.612. The van der Waals surface area contributed by atoms with Crippen molar-refractivity contribution in [3.05, 3.63) is 24.5 Å². The topological polar surface area (TPSA) is 22.1 Å².